The zero-order valence-electron chi connectivity index (χ0n) is 8.89. The van der Waals surface area contributed by atoms with Crippen LogP contribution in [-0.4, -0.2) is 23.7 Å². The molecule has 2 heterocycles. The predicted molar refractivity (Wildman–Crippen MR) is 62.0 cm³/mol. The lowest BCUT2D eigenvalue weighted by atomic mass is 10.0. The van der Waals surface area contributed by atoms with Gasteiger partial charge in [-0.3, -0.25) is 4.98 Å². The van der Waals surface area contributed by atoms with Crippen LogP contribution in [0.2, 0.25) is 0 Å². The Morgan fingerprint density at radius 1 is 1.67 bits per heavy atom. The summed E-state index contributed by atoms with van der Waals surface area (Å²) in [6, 6.07) is 0.259. The molecule has 2 rings (SSSR count). The van der Waals surface area contributed by atoms with Crippen LogP contribution in [0.4, 0.5) is 0 Å². The van der Waals surface area contributed by atoms with Gasteiger partial charge < -0.3 is 10.5 Å². The predicted octanol–water partition coefficient (Wildman–Crippen LogP) is 1.97. The van der Waals surface area contributed by atoms with E-state index < -0.39 is 0 Å². The summed E-state index contributed by atoms with van der Waals surface area (Å²) >= 11 is 1.69. The first-order chi connectivity index (χ1) is 7.34. The van der Waals surface area contributed by atoms with Gasteiger partial charge >= 0.3 is 0 Å². The lowest BCUT2D eigenvalue weighted by molar-refractivity contribution is 0.101. The highest BCUT2D eigenvalue weighted by molar-refractivity contribution is 7.09. The van der Waals surface area contributed by atoms with E-state index in [0.29, 0.717) is 6.10 Å². The SMILES string of the molecule is NC(CCC1CCCO1)Cc1cncs1. The van der Waals surface area contributed by atoms with Crippen molar-refractivity contribution in [3.8, 4) is 0 Å². The molecule has 0 spiro atoms. The Balaban J connectivity index is 1.66. The second-order valence-corrected chi connectivity index (χ2v) is 5.12. The third kappa shape index (κ3) is 3.55. The molecule has 0 radical (unpaired) electrons. The number of hydrogen-bond acceptors (Lipinski definition) is 4. The van der Waals surface area contributed by atoms with Crippen LogP contribution in [0.25, 0.3) is 0 Å². The molecule has 0 saturated carbocycles. The van der Waals surface area contributed by atoms with E-state index in [2.05, 4.69) is 4.98 Å². The minimum absolute atomic E-state index is 0.259. The van der Waals surface area contributed by atoms with E-state index in [1.54, 1.807) is 11.3 Å². The molecule has 2 unspecified atom stereocenters. The lowest BCUT2D eigenvalue weighted by Crippen LogP contribution is -2.24. The van der Waals surface area contributed by atoms with E-state index in [1.165, 1.54) is 17.7 Å². The third-order valence-electron chi connectivity index (χ3n) is 2.83. The van der Waals surface area contributed by atoms with Gasteiger partial charge in [0.05, 0.1) is 11.6 Å². The van der Waals surface area contributed by atoms with Crippen molar-refractivity contribution < 1.29 is 4.74 Å². The van der Waals surface area contributed by atoms with Crippen molar-refractivity contribution in [3.63, 3.8) is 0 Å². The molecule has 15 heavy (non-hydrogen) atoms. The van der Waals surface area contributed by atoms with Crippen molar-refractivity contribution in [2.75, 3.05) is 6.61 Å². The van der Waals surface area contributed by atoms with E-state index in [1.807, 2.05) is 11.7 Å². The molecule has 84 valence electrons. The monoisotopic (exact) mass is 226 g/mol. The first-order valence-corrected chi connectivity index (χ1v) is 6.47. The maximum absolute atomic E-state index is 6.07. The first-order valence-electron chi connectivity index (χ1n) is 5.59. The van der Waals surface area contributed by atoms with Crippen LogP contribution in [0.3, 0.4) is 0 Å². The highest BCUT2D eigenvalue weighted by Crippen LogP contribution is 2.18. The molecular weight excluding hydrogens is 208 g/mol. The van der Waals surface area contributed by atoms with Gasteiger partial charge in [-0.15, -0.1) is 11.3 Å². The van der Waals surface area contributed by atoms with E-state index in [4.69, 9.17) is 10.5 Å². The fourth-order valence-corrected chi connectivity index (χ4v) is 2.66. The lowest BCUT2D eigenvalue weighted by Gasteiger charge is -2.13. The van der Waals surface area contributed by atoms with Crippen molar-refractivity contribution in [1.29, 1.82) is 0 Å². The van der Waals surface area contributed by atoms with Gasteiger partial charge in [-0.05, 0) is 32.1 Å². The second kappa shape index (κ2) is 5.58. The van der Waals surface area contributed by atoms with E-state index >= 15 is 0 Å². The molecule has 0 aromatic carbocycles. The maximum atomic E-state index is 6.07. The number of aromatic nitrogens is 1. The van der Waals surface area contributed by atoms with Gasteiger partial charge in [0.2, 0.25) is 0 Å². The van der Waals surface area contributed by atoms with Gasteiger partial charge in [-0.1, -0.05) is 0 Å². The van der Waals surface area contributed by atoms with E-state index in [0.717, 1.165) is 25.9 Å². The highest BCUT2D eigenvalue weighted by Gasteiger charge is 2.16. The molecule has 1 aromatic heterocycles. The van der Waals surface area contributed by atoms with Crippen molar-refractivity contribution in [2.24, 2.45) is 5.73 Å². The molecule has 2 atom stereocenters. The summed E-state index contributed by atoms with van der Waals surface area (Å²) < 4.78 is 5.57. The molecule has 1 aliphatic heterocycles. The molecule has 1 aliphatic rings. The zero-order chi connectivity index (χ0) is 10.5. The minimum Gasteiger partial charge on any atom is -0.378 e. The molecule has 4 heteroatoms. The Labute approximate surface area is 94.7 Å². The Kier molecular flexibility index (Phi) is 4.11. The average molecular weight is 226 g/mol. The van der Waals surface area contributed by atoms with Gasteiger partial charge in [0.15, 0.2) is 0 Å². The van der Waals surface area contributed by atoms with Gasteiger partial charge in [0.25, 0.3) is 0 Å². The summed E-state index contributed by atoms with van der Waals surface area (Å²) in [5, 5.41) is 0. The summed E-state index contributed by atoms with van der Waals surface area (Å²) in [6.07, 6.45) is 7.94. The molecule has 3 nitrogen and oxygen atoms in total. The van der Waals surface area contributed by atoms with Crippen LogP contribution in [0, 0.1) is 0 Å². The quantitative estimate of drug-likeness (QED) is 0.835. The maximum Gasteiger partial charge on any atom is 0.0794 e. The van der Waals surface area contributed by atoms with Gasteiger partial charge in [0, 0.05) is 23.7 Å². The number of nitrogens with zero attached hydrogens (tertiary/aromatic N) is 1. The Hall–Kier alpha value is -0.450. The van der Waals surface area contributed by atoms with Crippen molar-refractivity contribution in [2.45, 2.75) is 44.2 Å². The normalized spacial score (nSPS) is 23.1. The largest absolute Gasteiger partial charge is 0.378 e. The minimum atomic E-state index is 0.259. The number of rotatable bonds is 5. The average Bonchev–Trinajstić information content (AvgIpc) is 2.86. The van der Waals surface area contributed by atoms with Crippen LogP contribution in [0.1, 0.15) is 30.6 Å². The Morgan fingerprint density at radius 3 is 3.27 bits per heavy atom. The summed E-state index contributed by atoms with van der Waals surface area (Å²) in [5.74, 6) is 0. The topological polar surface area (TPSA) is 48.1 Å². The molecule has 2 N–H and O–H groups in total. The van der Waals surface area contributed by atoms with E-state index in [9.17, 15) is 0 Å². The molecule has 0 amide bonds. The molecule has 1 saturated heterocycles. The second-order valence-electron chi connectivity index (χ2n) is 4.14. The van der Waals surface area contributed by atoms with Gasteiger partial charge in [-0.25, -0.2) is 0 Å². The summed E-state index contributed by atoms with van der Waals surface area (Å²) in [5.41, 5.74) is 7.93. The summed E-state index contributed by atoms with van der Waals surface area (Å²) in [4.78, 5) is 5.34. The van der Waals surface area contributed by atoms with Crippen LogP contribution in [0.15, 0.2) is 11.7 Å². The fraction of sp³-hybridized carbons (Fsp3) is 0.727. The van der Waals surface area contributed by atoms with Crippen LogP contribution >= 0.6 is 11.3 Å². The summed E-state index contributed by atoms with van der Waals surface area (Å²) in [6.45, 7) is 0.939. The Morgan fingerprint density at radius 2 is 2.60 bits per heavy atom. The molecule has 1 aromatic rings. The first kappa shape index (κ1) is 11.0. The fourth-order valence-electron chi connectivity index (χ4n) is 1.98. The third-order valence-corrected chi connectivity index (χ3v) is 3.63. The molecular formula is C11H18N2OS. The zero-order valence-corrected chi connectivity index (χ0v) is 9.71. The smallest absolute Gasteiger partial charge is 0.0794 e. The molecule has 0 bridgehead atoms. The van der Waals surface area contributed by atoms with Crippen LogP contribution < -0.4 is 5.73 Å². The number of nitrogens with two attached hydrogens (primary N) is 1. The van der Waals surface area contributed by atoms with Gasteiger partial charge in [0.1, 0.15) is 0 Å². The number of hydrogen-bond donors (Lipinski definition) is 1. The molecule has 1 fully saturated rings. The highest BCUT2D eigenvalue weighted by atomic mass is 32.1. The van der Waals surface area contributed by atoms with Crippen LogP contribution in [0.5, 0.6) is 0 Å². The van der Waals surface area contributed by atoms with Gasteiger partial charge in [-0.2, -0.15) is 0 Å². The van der Waals surface area contributed by atoms with Crippen molar-refractivity contribution in [1.82, 2.24) is 4.98 Å². The van der Waals surface area contributed by atoms with Crippen molar-refractivity contribution >= 4 is 11.3 Å². The van der Waals surface area contributed by atoms with E-state index in [-0.39, 0.29) is 6.04 Å². The molecule has 0 aliphatic carbocycles. The summed E-state index contributed by atoms with van der Waals surface area (Å²) in [7, 11) is 0. The van der Waals surface area contributed by atoms with Crippen molar-refractivity contribution in [3.05, 3.63) is 16.6 Å². The number of thiazole rings is 1. The van der Waals surface area contributed by atoms with Crippen LogP contribution in [-0.2, 0) is 11.2 Å². The standard InChI is InChI=1S/C11H18N2OS/c12-9(6-11-7-13-8-15-11)3-4-10-2-1-5-14-10/h7-10H,1-6,12H2. The Bertz CT molecular complexity index is 270. The number of ether oxygens (including phenoxy) is 1.